The summed E-state index contributed by atoms with van der Waals surface area (Å²) in [6, 6.07) is 15.3. The van der Waals surface area contributed by atoms with Gasteiger partial charge < -0.3 is 9.30 Å². The average molecular weight is 422 g/mol. The van der Waals surface area contributed by atoms with E-state index in [4.69, 9.17) is 4.74 Å². The molecule has 2 aromatic carbocycles. The monoisotopic (exact) mass is 422 g/mol. The minimum atomic E-state index is -0.367. The number of benzene rings is 2. The van der Waals surface area contributed by atoms with Crippen LogP contribution in [0.15, 0.2) is 59.8 Å². The van der Waals surface area contributed by atoms with Crippen molar-refractivity contribution in [1.29, 1.82) is 0 Å². The predicted molar refractivity (Wildman–Crippen MR) is 113 cm³/mol. The van der Waals surface area contributed by atoms with Crippen LogP contribution < -0.4 is 4.74 Å². The minimum absolute atomic E-state index is 0.0991. The molecule has 0 unspecified atom stereocenters. The van der Waals surface area contributed by atoms with Crippen molar-refractivity contribution >= 4 is 28.4 Å². The molecule has 0 atom stereocenters. The highest BCUT2D eigenvalue weighted by Crippen LogP contribution is 2.25. The Balaban J connectivity index is 1.42. The molecule has 0 spiro atoms. The van der Waals surface area contributed by atoms with Gasteiger partial charge in [0.2, 0.25) is 0 Å². The highest BCUT2D eigenvalue weighted by atomic mass is 32.2. The lowest BCUT2D eigenvalue weighted by molar-refractivity contribution is 0.102. The van der Waals surface area contributed by atoms with Gasteiger partial charge in [-0.05, 0) is 43.3 Å². The Hall–Kier alpha value is -3.26. The SMILES string of the molecule is Cc1ccc2cccc(OCc3nnc(SCC(=O)c4ccc(F)cc4)n3C)c2n1. The first-order chi connectivity index (χ1) is 14.5. The van der Waals surface area contributed by atoms with Crippen LogP contribution in [-0.2, 0) is 13.7 Å². The Labute approximate surface area is 177 Å². The number of aromatic nitrogens is 4. The van der Waals surface area contributed by atoms with Crippen molar-refractivity contribution in [3.63, 3.8) is 0 Å². The summed E-state index contributed by atoms with van der Waals surface area (Å²) < 4.78 is 20.8. The van der Waals surface area contributed by atoms with Crippen LogP contribution in [0.1, 0.15) is 21.9 Å². The number of ketones is 1. The largest absolute Gasteiger partial charge is 0.483 e. The molecule has 0 saturated carbocycles. The smallest absolute Gasteiger partial charge is 0.191 e. The second-order valence-corrected chi connectivity index (χ2v) is 7.69. The average Bonchev–Trinajstić information content (AvgIpc) is 3.10. The van der Waals surface area contributed by atoms with E-state index in [0.29, 0.717) is 22.3 Å². The van der Waals surface area contributed by atoms with Gasteiger partial charge in [0, 0.05) is 23.7 Å². The summed E-state index contributed by atoms with van der Waals surface area (Å²) in [5, 5.41) is 9.94. The molecule has 0 aliphatic carbocycles. The van der Waals surface area contributed by atoms with E-state index in [1.54, 1.807) is 4.57 Å². The van der Waals surface area contributed by atoms with Gasteiger partial charge in [-0.15, -0.1) is 10.2 Å². The lowest BCUT2D eigenvalue weighted by Crippen LogP contribution is -2.06. The van der Waals surface area contributed by atoms with Crippen molar-refractivity contribution in [2.45, 2.75) is 18.7 Å². The minimum Gasteiger partial charge on any atom is -0.483 e. The molecule has 2 aromatic heterocycles. The third-order valence-corrected chi connectivity index (χ3v) is 5.62. The summed E-state index contributed by atoms with van der Waals surface area (Å²) in [7, 11) is 1.83. The molecule has 8 heteroatoms. The van der Waals surface area contributed by atoms with Crippen molar-refractivity contribution in [2.75, 3.05) is 5.75 Å². The molecular formula is C22H19FN4O2S. The Morgan fingerprint density at radius 3 is 2.70 bits per heavy atom. The van der Waals surface area contributed by atoms with Crippen molar-refractivity contribution in [3.05, 3.63) is 77.5 Å². The topological polar surface area (TPSA) is 69.9 Å². The summed E-state index contributed by atoms with van der Waals surface area (Å²) in [6.45, 7) is 2.17. The van der Waals surface area contributed by atoms with Gasteiger partial charge in [-0.25, -0.2) is 9.37 Å². The van der Waals surface area contributed by atoms with E-state index in [-0.39, 0.29) is 24.0 Å². The van der Waals surface area contributed by atoms with Gasteiger partial charge in [-0.1, -0.05) is 30.0 Å². The first-order valence-corrected chi connectivity index (χ1v) is 10.3. The maximum Gasteiger partial charge on any atom is 0.191 e. The molecule has 2 heterocycles. The number of ether oxygens (including phenoxy) is 1. The number of Topliss-reactive ketones (excluding diaryl/α,β-unsaturated/α-hetero) is 1. The van der Waals surface area contributed by atoms with Crippen LogP contribution in [0.25, 0.3) is 10.9 Å². The lowest BCUT2D eigenvalue weighted by Gasteiger charge is -2.09. The van der Waals surface area contributed by atoms with E-state index in [0.717, 1.165) is 16.6 Å². The molecule has 0 fully saturated rings. The fraction of sp³-hybridized carbons (Fsp3) is 0.182. The fourth-order valence-electron chi connectivity index (χ4n) is 2.92. The molecule has 0 saturated heterocycles. The number of rotatable bonds is 7. The van der Waals surface area contributed by atoms with Gasteiger partial charge in [0.25, 0.3) is 0 Å². The van der Waals surface area contributed by atoms with Crippen LogP contribution in [0.2, 0.25) is 0 Å². The molecule has 0 N–H and O–H groups in total. The highest BCUT2D eigenvalue weighted by molar-refractivity contribution is 7.99. The Morgan fingerprint density at radius 1 is 1.10 bits per heavy atom. The second-order valence-electron chi connectivity index (χ2n) is 6.75. The number of aryl methyl sites for hydroxylation is 1. The Bertz CT molecular complexity index is 1210. The molecule has 4 aromatic rings. The molecule has 4 rings (SSSR count). The Kier molecular flexibility index (Phi) is 5.76. The molecule has 0 amide bonds. The molecule has 0 aliphatic heterocycles. The van der Waals surface area contributed by atoms with E-state index in [2.05, 4.69) is 15.2 Å². The van der Waals surface area contributed by atoms with Crippen LogP contribution in [-0.4, -0.2) is 31.3 Å². The third kappa shape index (κ3) is 4.33. The van der Waals surface area contributed by atoms with Gasteiger partial charge in [0.1, 0.15) is 23.7 Å². The van der Waals surface area contributed by atoms with Crippen LogP contribution in [0.5, 0.6) is 5.75 Å². The van der Waals surface area contributed by atoms with E-state index < -0.39 is 0 Å². The van der Waals surface area contributed by atoms with Crippen LogP contribution >= 0.6 is 11.8 Å². The number of pyridine rings is 1. The van der Waals surface area contributed by atoms with Gasteiger partial charge in [0.05, 0.1) is 5.75 Å². The number of fused-ring (bicyclic) bond motifs is 1. The van der Waals surface area contributed by atoms with Gasteiger partial charge in [0.15, 0.2) is 16.8 Å². The number of carbonyl (C=O) groups is 1. The molecule has 0 aliphatic rings. The number of hydrogen-bond acceptors (Lipinski definition) is 6. The number of nitrogens with zero attached hydrogens (tertiary/aromatic N) is 4. The van der Waals surface area contributed by atoms with Crippen molar-refractivity contribution in [1.82, 2.24) is 19.7 Å². The predicted octanol–water partition coefficient (Wildman–Crippen LogP) is 4.36. The van der Waals surface area contributed by atoms with E-state index in [1.165, 1.54) is 36.0 Å². The molecule has 0 bridgehead atoms. The normalized spacial score (nSPS) is 11.0. The summed E-state index contributed by atoms with van der Waals surface area (Å²) in [5.74, 6) is 1.04. The molecular weight excluding hydrogens is 403 g/mol. The summed E-state index contributed by atoms with van der Waals surface area (Å²) in [4.78, 5) is 16.8. The van der Waals surface area contributed by atoms with Gasteiger partial charge >= 0.3 is 0 Å². The van der Waals surface area contributed by atoms with E-state index in [1.807, 2.05) is 44.3 Å². The second kappa shape index (κ2) is 8.62. The number of halogens is 1. The van der Waals surface area contributed by atoms with Crippen molar-refractivity contribution < 1.29 is 13.9 Å². The summed E-state index contributed by atoms with van der Waals surface area (Å²) in [6.07, 6.45) is 0. The van der Waals surface area contributed by atoms with Crippen LogP contribution in [0.4, 0.5) is 4.39 Å². The van der Waals surface area contributed by atoms with Gasteiger partial charge in [-0.3, -0.25) is 4.79 Å². The highest BCUT2D eigenvalue weighted by Gasteiger charge is 2.14. The standard InChI is InChI=1S/C22H19FN4O2S/c1-14-6-7-16-4-3-5-19(21(16)24-14)29-12-20-25-26-22(27(20)2)30-13-18(28)15-8-10-17(23)11-9-15/h3-11H,12-13H2,1-2H3. The molecule has 30 heavy (non-hydrogen) atoms. The maximum atomic E-state index is 13.0. The number of hydrogen-bond donors (Lipinski definition) is 0. The third-order valence-electron chi connectivity index (χ3n) is 4.60. The zero-order valence-electron chi connectivity index (χ0n) is 16.5. The van der Waals surface area contributed by atoms with Gasteiger partial charge in [-0.2, -0.15) is 0 Å². The van der Waals surface area contributed by atoms with E-state index in [9.17, 15) is 9.18 Å². The summed E-state index contributed by atoms with van der Waals surface area (Å²) in [5.41, 5.74) is 2.19. The molecule has 152 valence electrons. The fourth-order valence-corrected chi connectivity index (χ4v) is 3.75. The number of carbonyl (C=O) groups excluding carboxylic acids is 1. The summed E-state index contributed by atoms with van der Waals surface area (Å²) >= 11 is 1.28. The van der Waals surface area contributed by atoms with Crippen molar-refractivity contribution in [3.8, 4) is 5.75 Å². The quantitative estimate of drug-likeness (QED) is 0.325. The first-order valence-electron chi connectivity index (χ1n) is 9.30. The zero-order chi connectivity index (χ0) is 21.1. The van der Waals surface area contributed by atoms with E-state index >= 15 is 0 Å². The Morgan fingerprint density at radius 2 is 1.90 bits per heavy atom. The zero-order valence-corrected chi connectivity index (χ0v) is 17.3. The maximum absolute atomic E-state index is 13.0. The van der Waals surface area contributed by atoms with Crippen molar-refractivity contribution in [2.24, 2.45) is 7.05 Å². The molecule has 0 radical (unpaired) electrons. The molecule has 6 nitrogen and oxygen atoms in total. The van der Waals surface area contributed by atoms with Crippen LogP contribution in [0.3, 0.4) is 0 Å². The van der Waals surface area contributed by atoms with Crippen LogP contribution in [0, 0.1) is 12.7 Å². The first kappa shape index (κ1) is 20.0. The lowest BCUT2D eigenvalue weighted by atomic mass is 10.1. The number of thioether (sulfide) groups is 1. The number of para-hydroxylation sites is 1.